The molecular formula is C26H20F9N3O. The lowest BCUT2D eigenvalue weighted by molar-refractivity contribution is -0.289. The van der Waals surface area contributed by atoms with Crippen LogP contribution in [-0.4, -0.2) is 29.2 Å². The Morgan fingerprint density at radius 2 is 1.46 bits per heavy atom. The molecule has 0 fully saturated rings. The van der Waals surface area contributed by atoms with E-state index in [2.05, 4.69) is 15.3 Å². The minimum Gasteiger partial charge on any atom is -0.329 e. The van der Waals surface area contributed by atoms with Gasteiger partial charge in [0, 0.05) is 46.9 Å². The largest absolute Gasteiger partial charge is 0.458 e. The van der Waals surface area contributed by atoms with E-state index >= 15 is 0 Å². The van der Waals surface area contributed by atoms with Crippen molar-refractivity contribution in [3.05, 3.63) is 89.2 Å². The third-order valence-electron chi connectivity index (χ3n) is 5.57. The number of alkyl halides is 9. The lowest BCUT2D eigenvalue weighted by Gasteiger charge is -2.24. The summed E-state index contributed by atoms with van der Waals surface area (Å²) in [5, 5.41) is 2.25. The van der Waals surface area contributed by atoms with Gasteiger partial charge in [-0.25, -0.2) is 17.6 Å². The Hall–Kier alpha value is -3.90. The van der Waals surface area contributed by atoms with Gasteiger partial charge in [0.25, 0.3) is 11.8 Å². The van der Waals surface area contributed by atoms with E-state index in [9.17, 15) is 44.3 Å². The summed E-state index contributed by atoms with van der Waals surface area (Å²) in [4.78, 5) is 18.3. The van der Waals surface area contributed by atoms with Gasteiger partial charge < -0.3 is 5.32 Å². The van der Waals surface area contributed by atoms with Crippen LogP contribution in [0.1, 0.15) is 35.6 Å². The van der Waals surface area contributed by atoms with Gasteiger partial charge in [0.15, 0.2) is 0 Å². The van der Waals surface area contributed by atoms with Gasteiger partial charge in [-0.3, -0.25) is 14.8 Å². The van der Waals surface area contributed by atoms with Crippen LogP contribution in [0, 0.1) is 0 Å². The van der Waals surface area contributed by atoms with E-state index in [1.165, 1.54) is 19.2 Å². The number of hydrogen-bond acceptors (Lipinski definition) is 3. The summed E-state index contributed by atoms with van der Waals surface area (Å²) in [6.07, 6.45) is -6.00. The van der Waals surface area contributed by atoms with Gasteiger partial charge in [-0.2, -0.15) is 22.0 Å². The first-order valence-electron chi connectivity index (χ1n) is 11.2. The van der Waals surface area contributed by atoms with Gasteiger partial charge in [0.2, 0.25) is 6.41 Å². The second-order valence-corrected chi connectivity index (χ2v) is 8.65. The Labute approximate surface area is 216 Å². The molecule has 0 saturated heterocycles. The van der Waals surface area contributed by atoms with Gasteiger partial charge in [0.1, 0.15) is 0 Å². The molecule has 0 unspecified atom stereocenters. The van der Waals surface area contributed by atoms with E-state index in [0.29, 0.717) is 18.5 Å². The summed E-state index contributed by atoms with van der Waals surface area (Å²) in [7, 11) is 0. The van der Waals surface area contributed by atoms with Crippen molar-refractivity contribution in [3.8, 4) is 0 Å². The van der Waals surface area contributed by atoms with Gasteiger partial charge in [0.05, 0.1) is 12.1 Å². The predicted octanol–water partition coefficient (Wildman–Crippen LogP) is 7.80. The third kappa shape index (κ3) is 7.36. The van der Waals surface area contributed by atoms with Crippen molar-refractivity contribution in [2.24, 2.45) is 4.99 Å². The maximum Gasteiger partial charge on any atom is 0.458 e. The lowest BCUT2D eigenvalue weighted by Crippen LogP contribution is -2.33. The maximum atomic E-state index is 14.7. The van der Waals surface area contributed by atoms with Crippen LogP contribution in [0.25, 0.3) is 0 Å². The molecule has 39 heavy (non-hydrogen) atoms. The molecule has 0 aliphatic carbocycles. The van der Waals surface area contributed by atoms with Gasteiger partial charge in [-0.1, -0.05) is 24.3 Å². The maximum absolute atomic E-state index is 14.7. The normalized spacial score (nSPS) is 13.3. The molecule has 0 radical (unpaired) electrons. The average Bonchev–Trinajstić information content (AvgIpc) is 2.83. The van der Waals surface area contributed by atoms with Crippen molar-refractivity contribution in [3.63, 3.8) is 0 Å². The Bertz CT molecular complexity index is 1320. The fraction of sp³-hybridized carbons (Fsp3) is 0.269. The molecule has 0 atom stereocenters. The summed E-state index contributed by atoms with van der Waals surface area (Å²) in [6.45, 7) is 1.43. The van der Waals surface area contributed by atoms with Gasteiger partial charge >= 0.3 is 12.1 Å². The highest BCUT2D eigenvalue weighted by Crippen LogP contribution is 2.44. The van der Waals surface area contributed by atoms with Gasteiger partial charge in [-0.05, 0) is 42.8 Å². The fourth-order valence-corrected chi connectivity index (χ4v) is 3.62. The molecule has 208 valence electrons. The van der Waals surface area contributed by atoms with Crippen LogP contribution in [0.15, 0.2) is 72.0 Å². The smallest absolute Gasteiger partial charge is 0.329 e. The number of rotatable bonds is 10. The van der Waals surface area contributed by atoms with E-state index in [0.717, 1.165) is 42.6 Å². The molecule has 2 aromatic carbocycles. The van der Waals surface area contributed by atoms with Crippen molar-refractivity contribution in [2.75, 3.05) is 5.32 Å². The fourth-order valence-electron chi connectivity index (χ4n) is 3.62. The van der Waals surface area contributed by atoms with E-state index in [1.807, 2.05) is 0 Å². The average molecular weight is 561 g/mol. The van der Waals surface area contributed by atoms with E-state index in [4.69, 9.17) is 0 Å². The summed E-state index contributed by atoms with van der Waals surface area (Å²) in [5.41, 5.74) is -1.43. The number of amides is 1. The van der Waals surface area contributed by atoms with Crippen molar-refractivity contribution in [1.29, 1.82) is 0 Å². The number of nitrogens with one attached hydrogen (secondary N) is 1. The quantitative estimate of drug-likeness (QED) is 0.156. The van der Waals surface area contributed by atoms with Crippen LogP contribution in [0.4, 0.5) is 50.9 Å². The molecule has 0 spiro atoms. The number of benzene rings is 2. The number of nitrogens with zero attached hydrogens (tertiary/aromatic N) is 2. The number of carbonyl (C=O) groups excluding carboxylic acids is 1. The number of halogens is 9. The molecule has 1 N–H and O–H groups in total. The Morgan fingerprint density at radius 1 is 0.872 bits per heavy atom. The second-order valence-electron chi connectivity index (χ2n) is 8.65. The number of anilines is 1. The second kappa shape index (κ2) is 11.1. The van der Waals surface area contributed by atoms with Gasteiger partial charge in [-0.15, -0.1) is 0 Å². The SMILES string of the molecule is CC(=Nc1ccc(C(F)(F)C(F)(F)F)cc1)c1cncc(CC(F)(F)CC(F)(F)c2ccc(NC=O)cc2)c1. The highest BCUT2D eigenvalue weighted by molar-refractivity contribution is 6.00. The molecule has 4 nitrogen and oxygen atoms in total. The molecule has 3 rings (SSSR count). The van der Waals surface area contributed by atoms with Crippen molar-refractivity contribution >= 4 is 23.5 Å². The van der Waals surface area contributed by atoms with E-state index in [-0.39, 0.29) is 28.2 Å². The minimum atomic E-state index is -5.77. The monoisotopic (exact) mass is 561 g/mol. The van der Waals surface area contributed by atoms with Crippen molar-refractivity contribution in [2.45, 2.75) is 43.7 Å². The minimum absolute atomic E-state index is 0.0129. The number of hydrogen-bond donors (Lipinski definition) is 1. The summed E-state index contributed by atoms with van der Waals surface area (Å²) < 4.78 is 123. The first-order chi connectivity index (χ1) is 18.0. The highest BCUT2D eigenvalue weighted by Gasteiger charge is 2.58. The molecule has 0 aliphatic rings. The zero-order valence-corrected chi connectivity index (χ0v) is 20.0. The highest BCUT2D eigenvalue weighted by atomic mass is 19.4. The number of carbonyl (C=O) groups is 1. The number of aromatic nitrogens is 1. The first kappa shape index (κ1) is 29.7. The Morgan fingerprint density at radius 3 is 2.03 bits per heavy atom. The zero-order valence-electron chi connectivity index (χ0n) is 20.0. The van der Waals surface area contributed by atoms with Crippen LogP contribution in [0.2, 0.25) is 0 Å². The Kier molecular flexibility index (Phi) is 8.42. The molecule has 0 bridgehead atoms. The first-order valence-corrected chi connectivity index (χ1v) is 11.2. The zero-order chi connectivity index (χ0) is 29.1. The molecule has 1 heterocycles. The summed E-state index contributed by atoms with van der Waals surface area (Å²) in [5.74, 6) is -12.8. The molecular weight excluding hydrogens is 541 g/mol. The topological polar surface area (TPSA) is 54.4 Å². The van der Waals surface area contributed by atoms with E-state index in [1.54, 1.807) is 0 Å². The number of pyridine rings is 1. The lowest BCUT2D eigenvalue weighted by atomic mass is 9.97. The molecule has 1 amide bonds. The summed E-state index contributed by atoms with van der Waals surface area (Å²) in [6, 6.07) is 8.43. The standard InChI is InChI=1S/C26H20F9N3O/c1-16(38-22-8-4-20(5-9-22)25(31,32)26(33,34)35)18-10-17(12-36-13-18)11-23(27,28)14-24(29,30)19-2-6-21(7-3-19)37-15-39/h2-10,12-13,15H,11,14H2,1H3,(H,37,39). The van der Waals surface area contributed by atoms with Crippen molar-refractivity contribution < 1.29 is 44.3 Å². The molecule has 1 aromatic heterocycles. The van der Waals surface area contributed by atoms with Crippen LogP contribution in [0.5, 0.6) is 0 Å². The molecule has 3 aromatic rings. The molecule has 0 saturated carbocycles. The van der Waals surface area contributed by atoms with Crippen LogP contribution in [-0.2, 0) is 23.1 Å². The third-order valence-corrected chi connectivity index (χ3v) is 5.57. The molecule has 0 aliphatic heterocycles. The van der Waals surface area contributed by atoms with Crippen LogP contribution >= 0.6 is 0 Å². The summed E-state index contributed by atoms with van der Waals surface area (Å²) >= 11 is 0. The van der Waals surface area contributed by atoms with Crippen LogP contribution < -0.4 is 5.32 Å². The molecule has 13 heteroatoms. The number of aliphatic imine (C=N–C) groups is 1. The van der Waals surface area contributed by atoms with E-state index < -0.39 is 47.9 Å². The predicted molar refractivity (Wildman–Crippen MR) is 126 cm³/mol. The van der Waals surface area contributed by atoms with Crippen LogP contribution in [0.3, 0.4) is 0 Å². The van der Waals surface area contributed by atoms with Crippen molar-refractivity contribution in [1.82, 2.24) is 4.98 Å². The Balaban J connectivity index is 1.74.